The molecular weight excluding hydrogens is 206 g/mol. The third kappa shape index (κ3) is 2.80. The molecule has 0 spiro atoms. The van der Waals surface area contributed by atoms with E-state index in [4.69, 9.17) is 4.52 Å². The van der Waals surface area contributed by atoms with Gasteiger partial charge in [-0.3, -0.25) is 0 Å². The summed E-state index contributed by atoms with van der Waals surface area (Å²) in [6, 6.07) is 0.0234. The molecule has 0 amide bonds. The normalized spacial score (nSPS) is 25.5. The van der Waals surface area contributed by atoms with Gasteiger partial charge in [0, 0.05) is 13.0 Å². The Bertz CT molecular complexity index is 338. The van der Waals surface area contributed by atoms with Crippen LogP contribution < -0.4 is 5.32 Å². The predicted molar refractivity (Wildman–Crippen MR) is 58.8 cm³/mol. The van der Waals surface area contributed by atoms with E-state index >= 15 is 0 Å². The van der Waals surface area contributed by atoms with Gasteiger partial charge in [-0.15, -0.1) is 0 Å². The average Bonchev–Trinajstić information content (AvgIpc) is 2.83. The summed E-state index contributed by atoms with van der Waals surface area (Å²) < 4.78 is 5.19. The third-order valence-electron chi connectivity index (χ3n) is 2.83. The van der Waals surface area contributed by atoms with Crippen molar-refractivity contribution in [2.75, 3.05) is 6.54 Å². The maximum absolute atomic E-state index is 9.39. The van der Waals surface area contributed by atoms with Gasteiger partial charge in [-0.1, -0.05) is 19.0 Å². The van der Waals surface area contributed by atoms with Crippen molar-refractivity contribution in [2.24, 2.45) is 5.92 Å². The Labute approximate surface area is 95.2 Å². The summed E-state index contributed by atoms with van der Waals surface area (Å²) in [5.41, 5.74) is 0. The van der Waals surface area contributed by atoms with Gasteiger partial charge in [0.05, 0.1) is 12.1 Å². The molecule has 2 atom stereocenters. The first-order valence-electron chi connectivity index (χ1n) is 5.89. The average molecular weight is 225 g/mol. The van der Waals surface area contributed by atoms with E-state index in [1.54, 1.807) is 0 Å². The summed E-state index contributed by atoms with van der Waals surface area (Å²) in [7, 11) is 0. The third-order valence-corrected chi connectivity index (χ3v) is 2.83. The maximum atomic E-state index is 9.39. The number of aliphatic hydroxyl groups is 1. The highest BCUT2D eigenvalue weighted by Crippen LogP contribution is 2.22. The molecule has 5 heteroatoms. The van der Waals surface area contributed by atoms with Crippen LogP contribution in [0, 0.1) is 5.92 Å². The molecule has 1 aliphatic heterocycles. The Kier molecular flexibility index (Phi) is 3.56. The van der Waals surface area contributed by atoms with E-state index in [2.05, 4.69) is 29.3 Å². The zero-order chi connectivity index (χ0) is 11.5. The lowest BCUT2D eigenvalue weighted by Gasteiger charge is -2.01. The van der Waals surface area contributed by atoms with Gasteiger partial charge in [0.15, 0.2) is 5.82 Å². The zero-order valence-corrected chi connectivity index (χ0v) is 9.81. The summed E-state index contributed by atoms with van der Waals surface area (Å²) in [5.74, 6) is 2.02. The minimum absolute atomic E-state index is 0.0234. The Balaban J connectivity index is 1.91. The topological polar surface area (TPSA) is 71.2 Å². The number of rotatable bonds is 4. The lowest BCUT2D eigenvalue weighted by molar-refractivity contribution is 0.191. The van der Waals surface area contributed by atoms with Crippen molar-refractivity contribution in [2.45, 2.75) is 45.3 Å². The van der Waals surface area contributed by atoms with E-state index in [0.717, 1.165) is 18.7 Å². The van der Waals surface area contributed by atoms with Gasteiger partial charge < -0.3 is 14.9 Å². The molecule has 0 radical (unpaired) electrons. The second kappa shape index (κ2) is 4.93. The van der Waals surface area contributed by atoms with Crippen LogP contribution in [-0.2, 0) is 6.42 Å². The van der Waals surface area contributed by atoms with Crippen molar-refractivity contribution in [1.82, 2.24) is 15.5 Å². The van der Waals surface area contributed by atoms with Crippen molar-refractivity contribution >= 4 is 0 Å². The van der Waals surface area contributed by atoms with Gasteiger partial charge in [0.25, 0.3) is 0 Å². The summed E-state index contributed by atoms with van der Waals surface area (Å²) in [6.07, 6.45) is 2.29. The largest absolute Gasteiger partial charge is 0.392 e. The highest BCUT2D eigenvalue weighted by Gasteiger charge is 2.27. The van der Waals surface area contributed by atoms with E-state index in [9.17, 15) is 5.11 Å². The number of hydrogen-bond donors (Lipinski definition) is 2. The molecular formula is C11H19N3O2. The number of aromatic nitrogens is 2. The van der Waals surface area contributed by atoms with Crippen LogP contribution in [0.4, 0.5) is 0 Å². The number of hydrogen-bond acceptors (Lipinski definition) is 5. The minimum Gasteiger partial charge on any atom is -0.392 e. The van der Waals surface area contributed by atoms with Crippen LogP contribution >= 0.6 is 0 Å². The molecule has 0 aromatic carbocycles. The number of β-amino-alcohol motifs (C(OH)–C–C–N with tert-alkyl or cyclic N) is 1. The summed E-state index contributed by atoms with van der Waals surface area (Å²) in [5, 5.41) is 16.5. The van der Waals surface area contributed by atoms with Crippen molar-refractivity contribution in [1.29, 1.82) is 0 Å². The van der Waals surface area contributed by atoms with Crippen molar-refractivity contribution < 1.29 is 9.63 Å². The molecule has 2 rings (SSSR count). The second-order valence-electron chi connectivity index (χ2n) is 4.83. The van der Waals surface area contributed by atoms with E-state index in [1.807, 2.05) is 0 Å². The van der Waals surface area contributed by atoms with Gasteiger partial charge in [-0.2, -0.15) is 4.98 Å². The van der Waals surface area contributed by atoms with Crippen molar-refractivity contribution in [3.05, 3.63) is 11.7 Å². The molecule has 90 valence electrons. The van der Waals surface area contributed by atoms with Crippen LogP contribution in [0.3, 0.4) is 0 Å². The van der Waals surface area contributed by atoms with E-state index in [0.29, 0.717) is 24.8 Å². The molecule has 16 heavy (non-hydrogen) atoms. The van der Waals surface area contributed by atoms with Crippen LogP contribution in [0.5, 0.6) is 0 Å². The van der Waals surface area contributed by atoms with Gasteiger partial charge >= 0.3 is 0 Å². The fourth-order valence-electron chi connectivity index (χ4n) is 1.83. The molecule has 1 aromatic rings. The molecule has 0 aliphatic carbocycles. The molecule has 1 fully saturated rings. The SMILES string of the molecule is CC(C)CCc1noc([C@@H]2CC(O)CN2)n1. The Hall–Kier alpha value is -0.940. The Morgan fingerprint density at radius 2 is 2.38 bits per heavy atom. The lowest BCUT2D eigenvalue weighted by atomic mass is 10.1. The quantitative estimate of drug-likeness (QED) is 0.801. The maximum Gasteiger partial charge on any atom is 0.243 e. The fourth-order valence-corrected chi connectivity index (χ4v) is 1.83. The van der Waals surface area contributed by atoms with Gasteiger partial charge in [0.1, 0.15) is 0 Å². The van der Waals surface area contributed by atoms with Gasteiger partial charge in [-0.25, -0.2) is 0 Å². The van der Waals surface area contributed by atoms with Crippen LogP contribution in [0.1, 0.15) is 44.4 Å². The van der Waals surface area contributed by atoms with E-state index in [1.165, 1.54) is 0 Å². The number of aryl methyl sites for hydroxylation is 1. The first-order chi connectivity index (χ1) is 7.65. The zero-order valence-electron chi connectivity index (χ0n) is 9.81. The summed E-state index contributed by atoms with van der Waals surface area (Å²) >= 11 is 0. The highest BCUT2D eigenvalue weighted by molar-refractivity contribution is 4.97. The molecule has 5 nitrogen and oxygen atoms in total. The van der Waals surface area contributed by atoms with Crippen LogP contribution in [0.2, 0.25) is 0 Å². The lowest BCUT2D eigenvalue weighted by Crippen LogP contribution is -2.15. The number of nitrogens with zero attached hydrogens (tertiary/aromatic N) is 2. The molecule has 2 heterocycles. The molecule has 0 saturated carbocycles. The molecule has 1 aromatic heterocycles. The molecule has 1 aliphatic rings. The summed E-state index contributed by atoms with van der Waals surface area (Å²) in [6.45, 7) is 4.96. The number of nitrogens with one attached hydrogen (secondary N) is 1. The minimum atomic E-state index is -0.295. The highest BCUT2D eigenvalue weighted by atomic mass is 16.5. The predicted octanol–water partition coefficient (Wildman–Crippen LogP) is 1.05. The smallest absolute Gasteiger partial charge is 0.243 e. The van der Waals surface area contributed by atoms with E-state index in [-0.39, 0.29) is 12.1 Å². The molecule has 0 bridgehead atoms. The van der Waals surface area contributed by atoms with Crippen LogP contribution in [-0.4, -0.2) is 27.9 Å². The number of aliphatic hydroxyl groups excluding tert-OH is 1. The Morgan fingerprint density at radius 1 is 1.56 bits per heavy atom. The fraction of sp³-hybridized carbons (Fsp3) is 0.818. The first-order valence-corrected chi connectivity index (χ1v) is 5.89. The van der Waals surface area contributed by atoms with Gasteiger partial charge in [0.2, 0.25) is 5.89 Å². The molecule has 1 unspecified atom stereocenters. The van der Waals surface area contributed by atoms with E-state index < -0.39 is 0 Å². The van der Waals surface area contributed by atoms with Crippen LogP contribution in [0.25, 0.3) is 0 Å². The Morgan fingerprint density at radius 3 is 3.00 bits per heavy atom. The van der Waals surface area contributed by atoms with Crippen molar-refractivity contribution in [3.8, 4) is 0 Å². The first kappa shape index (κ1) is 11.5. The molecule has 1 saturated heterocycles. The second-order valence-corrected chi connectivity index (χ2v) is 4.83. The molecule has 2 N–H and O–H groups in total. The monoisotopic (exact) mass is 225 g/mol. The standard InChI is InChI=1S/C11H19N3O2/c1-7(2)3-4-10-13-11(16-14-10)9-5-8(15)6-12-9/h7-9,12,15H,3-6H2,1-2H3/t8?,9-/m0/s1. The summed E-state index contributed by atoms with van der Waals surface area (Å²) in [4.78, 5) is 4.35. The van der Waals surface area contributed by atoms with Crippen LogP contribution in [0.15, 0.2) is 4.52 Å². The van der Waals surface area contributed by atoms with Crippen molar-refractivity contribution in [3.63, 3.8) is 0 Å². The van der Waals surface area contributed by atoms with Gasteiger partial charge in [-0.05, 0) is 18.8 Å².